The van der Waals surface area contributed by atoms with Crippen LogP contribution in [0.5, 0.6) is 0 Å². The fraction of sp³-hybridized carbons (Fsp3) is 0.458. The van der Waals surface area contributed by atoms with Gasteiger partial charge in [-0.1, -0.05) is 50.2 Å². The van der Waals surface area contributed by atoms with Crippen molar-refractivity contribution in [1.29, 1.82) is 0 Å². The smallest absolute Gasteiger partial charge is 0.337 e. The van der Waals surface area contributed by atoms with E-state index in [0.29, 0.717) is 29.2 Å². The summed E-state index contributed by atoms with van der Waals surface area (Å²) in [6, 6.07) is 15.0. The molecule has 2 aliphatic carbocycles. The van der Waals surface area contributed by atoms with Crippen molar-refractivity contribution < 1.29 is 9.90 Å². The van der Waals surface area contributed by atoms with Gasteiger partial charge < -0.3 is 10.4 Å². The SMILES string of the molecule is CC(C)c1ccc([C@@H]2Nc3c(C(=O)O)cccc3[C@H]3[C@H]4CC[C@@H](C4)[C@@H]32)cc1. The molecule has 2 saturated carbocycles. The van der Waals surface area contributed by atoms with Gasteiger partial charge in [0, 0.05) is 0 Å². The average Bonchev–Trinajstić information content (AvgIpc) is 3.29. The Labute approximate surface area is 160 Å². The van der Waals surface area contributed by atoms with Crippen LogP contribution in [0.3, 0.4) is 0 Å². The molecule has 3 heteroatoms. The molecule has 2 bridgehead atoms. The molecule has 5 rings (SSSR count). The molecular weight excluding hydrogens is 334 g/mol. The third-order valence-electron chi connectivity index (χ3n) is 7.31. The number of fused-ring (bicyclic) bond motifs is 7. The minimum absolute atomic E-state index is 0.208. The van der Waals surface area contributed by atoms with Crippen LogP contribution < -0.4 is 5.32 Å². The predicted molar refractivity (Wildman–Crippen MR) is 107 cm³/mol. The van der Waals surface area contributed by atoms with Crippen LogP contribution in [0, 0.1) is 17.8 Å². The number of hydrogen-bond donors (Lipinski definition) is 2. The number of rotatable bonds is 3. The van der Waals surface area contributed by atoms with Crippen LogP contribution in [-0.2, 0) is 0 Å². The van der Waals surface area contributed by atoms with Gasteiger partial charge in [0.05, 0.1) is 17.3 Å². The zero-order valence-corrected chi connectivity index (χ0v) is 16.0. The maximum absolute atomic E-state index is 11.8. The van der Waals surface area contributed by atoms with E-state index in [4.69, 9.17) is 0 Å². The molecule has 0 spiro atoms. The summed E-state index contributed by atoms with van der Waals surface area (Å²) in [6.45, 7) is 4.43. The van der Waals surface area contributed by atoms with E-state index >= 15 is 0 Å². The zero-order valence-electron chi connectivity index (χ0n) is 16.0. The van der Waals surface area contributed by atoms with E-state index in [-0.39, 0.29) is 6.04 Å². The summed E-state index contributed by atoms with van der Waals surface area (Å²) in [5.41, 5.74) is 5.16. The number of aromatic carboxylic acids is 1. The van der Waals surface area contributed by atoms with Gasteiger partial charge in [-0.25, -0.2) is 4.79 Å². The van der Waals surface area contributed by atoms with E-state index in [0.717, 1.165) is 11.6 Å². The summed E-state index contributed by atoms with van der Waals surface area (Å²) in [7, 11) is 0. The van der Waals surface area contributed by atoms with Gasteiger partial charge in [0.15, 0.2) is 0 Å². The van der Waals surface area contributed by atoms with Gasteiger partial charge in [-0.15, -0.1) is 0 Å². The highest BCUT2D eigenvalue weighted by atomic mass is 16.4. The van der Waals surface area contributed by atoms with Crippen molar-refractivity contribution in [2.24, 2.45) is 17.8 Å². The van der Waals surface area contributed by atoms with Crippen molar-refractivity contribution in [3.63, 3.8) is 0 Å². The maximum atomic E-state index is 11.8. The number of benzene rings is 2. The fourth-order valence-corrected chi connectivity index (χ4v) is 6.11. The van der Waals surface area contributed by atoms with Crippen LogP contribution in [0.25, 0.3) is 0 Å². The lowest BCUT2D eigenvalue weighted by atomic mass is 9.67. The summed E-state index contributed by atoms with van der Waals surface area (Å²) in [5, 5.41) is 13.4. The molecule has 2 fully saturated rings. The highest BCUT2D eigenvalue weighted by Crippen LogP contribution is 2.64. The highest BCUT2D eigenvalue weighted by molar-refractivity contribution is 5.95. The van der Waals surface area contributed by atoms with Gasteiger partial charge in [-0.05, 0) is 71.6 Å². The second-order valence-electron chi connectivity index (χ2n) is 8.95. The van der Waals surface area contributed by atoms with Crippen molar-refractivity contribution in [2.75, 3.05) is 5.32 Å². The zero-order chi connectivity index (χ0) is 18.7. The van der Waals surface area contributed by atoms with Crippen molar-refractivity contribution >= 4 is 11.7 Å². The Balaban J connectivity index is 1.62. The molecular formula is C24H27NO2. The Morgan fingerprint density at radius 2 is 1.81 bits per heavy atom. The fourth-order valence-electron chi connectivity index (χ4n) is 6.11. The normalized spacial score (nSPS) is 30.7. The van der Waals surface area contributed by atoms with Gasteiger partial charge >= 0.3 is 5.97 Å². The van der Waals surface area contributed by atoms with Crippen molar-refractivity contribution in [3.8, 4) is 0 Å². The van der Waals surface area contributed by atoms with Gasteiger partial charge in [0.2, 0.25) is 0 Å². The molecule has 5 atom stereocenters. The maximum Gasteiger partial charge on any atom is 0.337 e. The summed E-state index contributed by atoms with van der Waals surface area (Å²) < 4.78 is 0. The molecule has 0 saturated heterocycles. The lowest BCUT2D eigenvalue weighted by Crippen LogP contribution is -2.36. The quantitative estimate of drug-likeness (QED) is 0.726. The molecule has 27 heavy (non-hydrogen) atoms. The molecule has 1 aliphatic heterocycles. The number of carbonyl (C=O) groups is 1. The Morgan fingerprint density at radius 3 is 2.52 bits per heavy atom. The number of carboxylic acids is 1. The van der Waals surface area contributed by atoms with E-state index in [1.807, 2.05) is 6.07 Å². The van der Waals surface area contributed by atoms with E-state index in [1.54, 1.807) is 6.07 Å². The predicted octanol–water partition coefficient (Wildman–Crippen LogP) is 5.80. The Kier molecular flexibility index (Phi) is 3.82. The standard InChI is InChI=1S/C24H27NO2/c1-13(2)14-6-8-15(9-7-14)22-21-17-11-10-16(12-17)20(21)18-4-3-5-19(24(26)27)23(18)25-22/h3-9,13,16-17,20-22,25H,10-12H2,1-2H3,(H,26,27)/t16-,17-,20+,21-,22-/m0/s1. The van der Waals surface area contributed by atoms with Crippen LogP contribution in [0.4, 0.5) is 5.69 Å². The molecule has 0 unspecified atom stereocenters. The summed E-state index contributed by atoms with van der Waals surface area (Å²) in [4.78, 5) is 11.8. The first kappa shape index (κ1) is 16.9. The molecule has 2 aromatic carbocycles. The van der Waals surface area contributed by atoms with E-state index in [9.17, 15) is 9.90 Å². The number of nitrogens with one attached hydrogen (secondary N) is 1. The largest absolute Gasteiger partial charge is 0.478 e. The molecule has 3 nitrogen and oxygen atoms in total. The van der Waals surface area contributed by atoms with Gasteiger partial charge in [-0.3, -0.25) is 0 Å². The van der Waals surface area contributed by atoms with Crippen LogP contribution in [0.2, 0.25) is 0 Å². The van der Waals surface area contributed by atoms with Crippen molar-refractivity contribution in [3.05, 3.63) is 64.7 Å². The third kappa shape index (κ3) is 2.51. The topological polar surface area (TPSA) is 49.3 Å². The molecule has 0 aromatic heterocycles. The van der Waals surface area contributed by atoms with Crippen molar-refractivity contribution in [1.82, 2.24) is 0 Å². The number of hydrogen-bond acceptors (Lipinski definition) is 2. The first-order chi connectivity index (χ1) is 13.0. The van der Waals surface area contributed by atoms with E-state index in [1.165, 1.54) is 36.0 Å². The van der Waals surface area contributed by atoms with E-state index in [2.05, 4.69) is 49.5 Å². The average molecular weight is 361 g/mol. The molecule has 2 aromatic rings. The van der Waals surface area contributed by atoms with Gasteiger partial charge in [0.25, 0.3) is 0 Å². The molecule has 1 heterocycles. The Morgan fingerprint density at radius 1 is 1.07 bits per heavy atom. The minimum atomic E-state index is -0.838. The van der Waals surface area contributed by atoms with E-state index < -0.39 is 5.97 Å². The Bertz CT molecular complexity index is 886. The molecule has 2 N–H and O–H groups in total. The second kappa shape index (κ2) is 6.12. The monoisotopic (exact) mass is 361 g/mol. The lowest BCUT2D eigenvalue weighted by Gasteiger charge is -2.44. The number of para-hydroxylation sites is 1. The molecule has 0 radical (unpaired) electrons. The number of carboxylic acid groups (broad SMARTS) is 1. The van der Waals surface area contributed by atoms with Crippen LogP contribution in [0.1, 0.15) is 78.0 Å². The summed E-state index contributed by atoms with van der Waals surface area (Å²) in [5.74, 6) is 2.22. The summed E-state index contributed by atoms with van der Waals surface area (Å²) in [6.07, 6.45) is 3.91. The van der Waals surface area contributed by atoms with Crippen LogP contribution >= 0.6 is 0 Å². The first-order valence-corrected chi connectivity index (χ1v) is 10.3. The molecule has 140 valence electrons. The van der Waals surface area contributed by atoms with Gasteiger partial charge in [-0.2, -0.15) is 0 Å². The third-order valence-corrected chi connectivity index (χ3v) is 7.31. The first-order valence-electron chi connectivity index (χ1n) is 10.3. The molecule has 0 amide bonds. The van der Waals surface area contributed by atoms with Crippen molar-refractivity contribution in [2.45, 2.75) is 51.0 Å². The van der Waals surface area contributed by atoms with Gasteiger partial charge in [0.1, 0.15) is 0 Å². The number of anilines is 1. The molecule has 3 aliphatic rings. The minimum Gasteiger partial charge on any atom is -0.478 e. The van der Waals surface area contributed by atoms with Crippen LogP contribution in [0.15, 0.2) is 42.5 Å². The Hall–Kier alpha value is -2.29. The summed E-state index contributed by atoms with van der Waals surface area (Å²) >= 11 is 0. The second-order valence-corrected chi connectivity index (χ2v) is 8.95. The highest BCUT2D eigenvalue weighted by Gasteiger charge is 2.54. The lowest BCUT2D eigenvalue weighted by molar-refractivity contribution is 0.0697. The van der Waals surface area contributed by atoms with Crippen LogP contribution in [-0.4, -0.2) is 11.1 Å².